The van der Waals surface area contributed by atoms with Gasteiger partial charge in [-0.15, -0.1) is 0 Å². The maximum Gasteiger partial charge on any atom is 0.398 e. The van der Waals surface area contributed by atoms with Gasteiger partial charge in [-0.05, 0) is 64.2 Å². The molecule has 2 amide bonds. The number of alkyl halides is 3. The van der Waals surface area contributed by atoms with Crippen molar-refractivity contribution < 1.29 is 27.2 Å². The average Bonchev–Trinajstić information content (AvgIpc) is 3.41. The van der Waals surface area contributed by atoms with Gasteiger partial charge < -0.3 is 16.4 Å². The first-order valence-electron chi connectivity index (χ1n) is 9.98. The third kappa shape index (κ3) is 4.09. The van der Waals surface area contributed by atoms with E-state index in [0.717, 1.165) is 18.2 Å². The fourth-order valence-corrected chi connectivity index (χ4v) is 4.87. The normalized spacial score (nSPS) is 21.1. The number of fused-ring (bicyclic) bond motifs is 1. The summed E-state index contributed by atoms with van der Waals surface area (Å²) >= 11 is 9.10. The predicted molar refractivity (Wildman–Crippen MR) is 119 cm³/mol. The van der Waals surface area contributed by atoms with Gasteiger partial charge in [-0.1, -0.05) is 17.7 Å². The molecule has 1 fully saturated rings. The van der Waals surface area contributed by atoms with Gasteiger partial charge in [0, 0.05) is 12.1 Å². The number of nitrogens with one attached hydrogen (secondary N) is 2. The summed E-state index contributed by atoms with van der Waals surface area (Å²) in [5.41, 5.74) is 2.08. The van der Waals surface area contributed by atoms with Crippen LogP contribution in [-0.2, 0) is 11.2 Å². The lowest BCUT2D eigenvalue weighted by Gasteiger charge is -2.37. The molecule has 1 saturated carbocycles. The van der Waals surface area contributed by atoms with E-state index >= 15 is 0 Å². The lowest BCUT2D eigenvalue weighted by molar-refractivity contribution is -0.168. The monoisotopic (exact) mass is 558 g/mol. The number of nitriles is 1. The molecule has 12 heteroatoms. The summed E-state index contributed by atoms with van der Waals surface area (Å²) < 4.78 is 56.6. The number of benzene rings is 2. The smallest absolute Gasteiger partial charge is 0.370 e. The Bertz CT molecular complexity index is 1260. The van der Waals surface area contributed by atoms with Gasteiger partial charge in [0.1, 0.15) is 22.8 Å². The highest BCUT2D eigenvalue weighted by Gasteiger charge is 2.60. The van der Waals surface area contributed by atoms with Gasteiger partial charge >= 0.3 is 6.18 Å². The lowest BCUT2D eigenvalue weighted by Crippen LogP contribution is -2.57. The molecule has 2 aromatic carbocycles. The number of hydrogen-bond acceptors (Lipinski definition) is 4. The molecule has 178 valence electrons. The molecule has 2 aliphatic rings. The first kappa shape index (κ1) is 24.3. The highest BCUT2D eigenvalue weighted by molar-refractivity contribution is 9.10. The lowest BCUT2D eigenvalue weighted by atomic mass is 9.76. The van der Waals surface area contributed by atoms with Crippen LogP contribution in [0.3, 0.4) is 0 Å². The van der Waals surface area contributed by atoms with Crippen molar-refractivity contribution in [2.24, 2.45) is 5.73 Å². The van der Waals surface area contributed by atoms with E-state index in [1.165, 1.54) is 12.1 Å². The predicted octanol–water partition coefficient (Wildman–Crippen LogP) is 4.57. The van der Waals surface area contributed by atoms with E-state index in [1.807, 2.05) is 6.07 Å². The van der Waals surface area contributed by atoms with Gasteiger partial charge in [-0.25, -0.2) is 4.39 Å². The minimum Gasteiger partial charge on any atom is -0.370 e. The molecular formula is C22H16BrClF4N4O2. The van der Waals surface area contributed by atoms with Crippen LogP contribution in [0, 0.1) is 17.1 Å². The Balaban J connectivity index is 1.77. The van der Waals surface area contributed by atoms with Gasteiger partial charge in [-0.3, -0.25) is 9.59 Å². The minimum absolute atomic E-state index is 0.0444. The van der Waals surface area contributed by atoms with Crippen molar-refractivity contribution in [2.75, 3.05) is 5.32 Å². The zero-order chi connectivity index (χ0) is 25.1. The Morgan fingerprint density at radius 1 is 1.26 bits per heavy atom. The van der Waals surface area contributed by atoms with Crippen molar-refractivity contribution in [2.45, 2.75) is 42.4 Å². The Hall–Kier alpha value is -2.84. The second kappa shape index (κ2) is 8.13. The zero-order valence-electron chi connectivity index (χ0n) is 17.2. The number of carbonyl (C=O) groups is 2. The van der Waals surface area contributed by atoms with Gasteiger partial charge in [0.15, 0.2) is 0 Å². The molecule has 1 aliphatic heterocycles. The van der Waals surface area contributed by atoms with Crippen LogP contribution < -0.4 is 16.4 Å². The molecule has 0 bridgehead atoms. The largest absolute Gasteiger partial charge is 0.398 e. The van der Waals surface area contributed by atoms with E-state index in [1.54, 1.807) is 0 Å². The average molecular weight is 560 g/mol. The minimum atomic E-state index is -4.95. The molecule has 2 aromatic rings. The summed E-state index contributed by atoms with van der Waals surface area (Å²) in [7, 11) is 0. The standard InChI is InChI=1S/C22H16BrClF4N4O2/c23-13-6-10(1-2-15(13)25)17(22(26,27)28)21(19(30)34)8-11-5-12(14(24)7-16(11)31-21)18(33)32-20(9-29)3-4-20/h1-2,5-7,17,31H,3-4,8H2,(H2,30,34)(H,32,33). The second-order valence-corrected chi connectivity index (χ2v) is 9.68. The Kier molecular flexibility index (Phi) is 5.81. The molecule has 2 atom stereocenters. The van der Waals surface area contributed by atoms with E-state index in [2.05, 4.69) is 26.6 Å². The molecule has 4 rings (SSSR count). The zero-order valence-corrected chi connectivity index (χ0v) is 19.5. The number of carbonyl (C=O) groups excluding carboxylic acids is 2. The first-order valence-corrected chi connectivity index (χ1v) is 11.1. The van der Waals surface area contributed by atoms with Crippen LogP contribution in [0.4, 0.5) is 23.2 Å². The number of anilines is 1. The van der Waals surface area contributed by atoms with E-state index in [-0.39, 0.29) is 31.9 Å². The molecule has 1 aliphatic carbocycles. The highest BCUT2D eigenvalue weighted by Crippen LogP contribution is 2.50. The van der Waals surface area contributed by atoms with Crippen LogP contribution in [-0.4, -0.2) is 29.1 Å². The number of nitrogens with two attached hydrogens (primary N) is 1. The fraction of sp³-hybridized carbons (Fsp3) is 0.318. The Morgan fingerprint density at radius 2 is 1.94 bits per heavy atom. The Morgan fingerprint density at radius 3 is 2.47 bits per heavy atom. The molecule has 4 N–H and O–H groups in total. The molecule has 1 heterocycles. The van der Waals surface area contributed by atoms with Crippen LogP contribution in [0.15, 0.2) is 34.8 Å². The molecule has 34 heavy (non-hydrogen) atoms. The summed E-state index contributed by atoms with van der Waals surface area (Å²) in [5.74, 6) is -5.15. The summed E-state index contributed by atoms with van der Waals surface area (Å²) in [4.78, 5) is 25.2. The SMILES string of the molecule is N#CC1(NC(=O)c2cc3c(cc2Cl)NC(C(N)=O)(C(c2ccc(F)c(Br)c2)C(F)(F)F)C3)CC1. The summed E-state index contributed by atoms with van der Waals surface area (Å²) in [6.45, 7) is 0. The summed E-state index contributed by atoms with van der Waals surface area (Å²) in [6, 6.07) is 7.29. The van der Waals surface area contributed by atoms with Crippen LogP contribution in [0.25, 0.3) is 0 Å². The summed E-state index contributed by atoms with van der Waals surface area (Å²) in [6.07, 6.45) is -4.50. The third-order valence-corrected chi connectivity index (χ3v) is 7.04. The van der Waals surface area contributed by atoms with Gasteiger partial charge in [0.05, 0.1) is 21.1 Å². The van der Waals surface area contributed by atoms with Gasteiger partial charge in [0.2, 0.25) is 5.91 Å². The maximum atomic E-state index is 14.4. The maximum absolute atomic E-state index is 14.4. The van der Waals surface area contributed by atoms with Crippen molar-refractivity contribution in [3.8, 4) is 6.07 Å². The highest BCUT2D eigenvalue weighted by atomic mass is 79.9. The molecule has 0 spiro atoms. The molecule has 0 radical (unpaired) electrons. The first-order chi connectivity index (χ1) is 15.8. The molecule has 0 aromatic heterocycles. The van der Waals surface area contributed by atoms with Crippen LogP contribution in [0.2, 0.25) is 5.02 Å². The third-order valence-electron chi connectivity index (χ3n) is 6.12. The molecule has 2 unspecified atom stereocenters. The van der Waals surface area contributed by atoms with Gasteiger partial charge in [0.25, 0.3) is 5.91 Å². The quantitative estimate of drug-likeness (QED) is 0.467. The van der Waals surface area contributed by atoms with E-state index in [4.69, 9.17) is 17.3 Å². The van der Waals surface area contributed by atoms with Crippen molar-refractivity contribution >= 4 is 45.0 Å². The van der Waals surface area contributed by atoms with Crippen LogP contribution in [0.1, 0.15) is 40.2 Å². The molecular weight excluding hydrogens is 544 g/mol. The number of amides is 2. The number of rotatable bonds is 5. The van der Waals surface area contributed by atoms with Crippen LogP contribution >= 0.6 is 27.5 Å². The van der Waals surface area contributed by atoms with Crippen molar-refractivity contribution in [3.63, 3.8) is 0 Å². The van der Waals surface area contributed by atoms with E-state index < -0.39 is 47.2 Å². The second-order valence-electron chi connectivity index (χ2n) is 8.42. The number of primary amides is 1. The number of hydrogen-bond donors (Lipinski definition) is 3. The van der Waals surface area contributed by atoms with Crippen molar-refractivity contribution in [1.82, 2.24) is 5.32 Å². The number of nitrogens with zero attached hydrogens (tertiary/aromatic N) is 1. The van der Waals surface area contributed by atoms with E-state index in [0.29, 0.717) is 12.8 Å². The topological polar surface area (TPSA) is 108 Å². The van der Waals surface area contributed by atoms with Crippen molar-refractivity contribution in [1.29, 1.82) is 5.26 Å². The van der Waals surface area contributed by atoms with E-state index in [9.17, 15) is 32.4 Å². The fourth-order valence-electron chi connectivity index (χ4n) is 4.22. The Labute approximate surface area is 204 Å². The molecule has 6 nitrogen and oxygen atoms in total. The van der Waals surface area contributed by atoms with Gasteiger partial charge in [-0.2, -0.15) is 18.4 Å². The summed E-state index contributed by atoms with van der Waals surface area (Å²) in [5, 5.41) is 14.3. The molecule has 0 saturated heterocycles. The van der Waals surface area contributed by atoms with Crippen molar-refractivity contribution in [3.05, 3.63) is 62.3 Å². The van der Waals surface area contributed by atoms with Crippen LogP contribution in [0.5, 0.6) is 0 Å². The number of halogens is 6.